The summed E-state index contributed by atoms with van der Waals surface area (Å²) in [5.41, 5.74) is 23.7. The van der Waals surface area contributed by atoms with E-state index in [0.717, 1.165) is 77.3 Å². The van der Waals surface area contributed by atoms with Gasteiger partial charge in [-0.15, -0.1) is 0 Å². The molecule has 22 rings (SSSR count). The summed E-state index contributed by atoms with van der Waals surface area (Å²) in [4.78, 5) is 22.6. The van der Waals surface area contributed by atoms with Crippen molar-refractivity contribution in [3.05, 3.63) is 343 Å². The third-order valence-corrected chi connectivity index (χ3v) is 20.7. The molecule has 496 valence electrons. The minimum Gasteiger partial charge on any atom is -0.452 e. The molecule has 0 saturated carbocycles. The van der Waals surface area contributed by atoms with E-state index in [9.17, 15) is 0 Å². The Morgan fingerprint density at radius 3 is 1.12 bits per heavy atom. The van der Waals surface area contributed by atoms with Crippen LogP contribution in [0.1, 0.15) is 0 Å². The Bertz CT molecular complexity index is 7200. The molecule has 8 aromatic heterocycles. The van der Waals surface area contributed by atoms with E-state index in [1.807, 2.05) is 78.9 Å². The summed E-state index contributed by atoms with van der Waals surface area (Å²) in [6, 6.07) is 114. The Labute approximate surface area is 614 Å². The van der Waals surface area contributed by atoms with Gasteiger partial charge in [0.05, 0.1) is 33.1 Å². The molecule has 14 aromatic carbocycles. The van der Waals surface area contributed by atoms with Crippen LogP contribution in [0.3, 0.4) is 0 Å². The highest BCUT2D eigenvalue weighted by Gasteiger charge is 2.24. The number of hydrogen-bond acceptors (Lipinski definition) is 6. The standard InChI is InChI=1S/C46H27ClN4O.C30H20N2.C16H8Cl2N2O/c47-31-21-24-42-37(27-31)44-45(52-42)43(28-11-3-1-4-12-28)48-46(49-44)51-39-18-10-8-16-34(39)36-26-30(20-23-41(36)51)29-19-22-40-35(25-29)33-15-7-9-17-38(33)50(40)32-13-5-2-6-14-32;1-2-8-22(9-3-1)32-29-13-7-5-11-24(29)26-19-21(15-17-30(26)32)20-14-16-28-25(18-20)23-10-4-6-12-27(23)31-28;17-10-6-7-12-11(8-10)14-15(21-12)13(19-16(18)20-14)9-4-2-1-3-5-9/h1-27H;1-19,31H;1-8H. The molecule has 13 heteroatoms. The van der Waals surface area contributed by atoms with E-state index in [2.05, 4.69) is 271 Å². The van der Waals surface area contributed by atoms with E-state index in [4.69, 9.17) is 53.6 Å². The number of aromatic amines is 1. The van der Waals surface area contributed by atoms with E-state index in [-0.39, 0.29) is 5.28 Å². The van der Waals surface area contributed by atoms with Crippen molar-refractivity contribution in [2.45, 2.75) is 0 Å². The van der Waals surface area contributed by atoms with Gasteiger partial charge < -0.3 is 23.0 Å². The molecular weight excluding hydrogens is 1360 g/mol. The van der Waals surface area contributed by atoms with Gasteiger partial charge in [0.2, 0.25) is 11.2 Å². The summed E-state index contributed by atoms with van der Waals surface area (Å²) in [7, 11) is 0. The third-order valence-electron chi connectivity index (χ3n) is 20.0. The number of halogens is 3. The number of fused-ring (bicyclic) bond motifs is 18. The highest BCUT2D eigenvalue weighted by atomic mass is 35.5. The van der Waals surface area contributed by atoms with Gasteiger partial charge in [-0.3, -0.25) is 4.57 Å². The maximum Gasteiger partial charge on any atom is 0.236 e. The first kappa shape index (κ1) is 61.8. The van der Waals surface area contributed by atoms with E-state index in [1.165, 1.54) is 82.2 Å². The second kappa shape index (κ2) is 25.2. The first-order valence-electron chi connectivity index (χ1n) is 34.6. The molecule has 0 bridgehead atoms. The van der Waals surface area contributed by atoms with Gasteiger partial charge in [0.15, 0.2) is 11.2 Å². The van der Waals surface area contributed by atoms with Crippen molar-refractivity contribution in [3.8, 4) is 62.1 Å². The van der Waals surface area contributed by atoms with Gasteiger partial charge >= 0.3 is 0 Å². The molecule has 0 spiro atoms. The lowest BCUT2D eigenvalue weighted by molar-refractivity contribution is 0.666. The molecule has 0 aliphatic rings. The summed E-state index contributed by atoms with van der Waals surface area (Å²) in [6.45, 7) is 0. The highest BCUT2D eigenvalue weighted by Crippen LogP contribution is 2.43. The Morgan fingerprint density at radius 2 is 0.629 bits per heavy atom. The molecule has 22 aromatic rings. The zero-order valence-corrected chi connectivity index (χ0v) is 58.0. The second-order valence-electron chi connectivity index (χ2n) is 26.1. The van der Waals surface area contributed by atoms with Gasteiger partial charge in [0, 0.05) is 97.4 Å². The zero-order valence-electron chi connectivity index (χ0n) is 55.8. The molecule has 0 atom stereocenters. The minimum atomic E-state index is 0.184. The maximum absolute atomic E-state index is 6.49. The fourth-order valence-electron chi connectivity index (χ4n) is 15.3. The van der Waals surface area contributed by atoms with Crippen molar-refractivity contribution in [1.82, 2.24) is 38.6 Å². The van der Waals surface area contributed by atoms with Crippen LogP contribution >= 0.6 is 34.8 Å². The molecular formula is C92H55Cl3N8O2. The van der Waals surface area contributed by atoms with Crippen molar-refractivity contribution < 1.29 is 8.83 Å². The number of hydrogen-bond donors (Lipinski definition) is 1. The Kier molecular flexibility index (Phi) is 14.8. The lowest BCUT2D eigenvalue weighted by Gasteiger charge is -2.10. The topological polar surface area (TPSA) is 108 Å². The van der Waals surface area contributed by atoms with Crippen LogP contribution in [0.2, 0.25) is 15.3 Å². The van der Waals surface area contributed by atoms with Crippen LogP contribution in [0.5, 0.6) is 0 Å². The van der Waals surface area contributed by atoms with Crippen LogP contribution in [-0.4, -0.2) is 38.6 Å². The smallest absolute Gasteiger partial charge is 0.236 e. The number of rotatable bonds is 7. The maximum atomic E-state index is 6.49. The predicted molar refractivity (Wildman–Crippen MR) is 434 cm³/mol. The van der Waals surface area contributed by atoms with Gasteiger partial charge in [0.1, 0.15) is 33.6 Å². The quantitative estimate of drug-likeness (QED) is 0.159. The highest BCUT2D eigenvalue weighted by molar-refractivity contribution is 6.32. The first-order chi connectivity index (χ1) is 51.8. The Balaban J connectivity index is 0.000000117. The molecule has 0 saturated heterocycles. The van der Waals surface area contributed by atoms with Crippen LogP contribution in [0.25, 0.3) is 193 Å². The molecule has 10 nitrogen and oxygen atoms in total. The van der Waals surface area contributed by atoms with Crippen LogP contribution in [0.15, 0.2) is 336 Å². The third kappa shape index (κ3) is 10.6. The first-order valence-corrected chi connectivity index (χ1v) is 35.7. The lowest BCUT2D eigenvalue weighted by atomic mass is 10.0. The average Bonchev–Trinajstić information content (AvgIpc) is 1.58. The number of nitrogens with zero attached hydrogens (tertiary/aromatic N) is 7. The monoisotopic (exact) mass is 1410 g/mol. The van der Waals surface area contributed by atoms with Crippen LogP contribution in [-0.2, 0) is 0 Å². The predicted octanol–water partition coefficient (Wildman–Crippen LogP) is 26.0. The minimum absolute atomic E-state index is 0.184. The van der Waals surface area contributed by atoms with Crippen molar-refractivity contribution in [1.29, 1.82) is 0 Å². The molecule has 0 fully saturated rings. The SMILES string of the molecule is Clc1ccc2oc3c(-c4ccccc4)nc(-n4c5ccccc5c5cc(-c6ccc7c(c6)c6ccccc6n7-c6ccccc6)ccc54)nc3c2c1.Clc1ccc2oc3c(-c4ccccc4)nc(Cl)nc3c2c1.c1ccc(-n2c3ccccc3c3cc(-c4ccc5[nH]c6ccccc6c5c4)ccc32)cc1. The summed E-state index contributed by atoms with van der Waals surface area (Å²) < 4.78 is 19.2. The van der Waals surface area contributed by atoms with Crippen molar-refractivity contribution in [2.75, 3.05) is 0 Å². The van der Waals surface area contributed by atoms with Gasteiger partial charge in [-0.25, -0.2) is 19.9 Å². The zero-order chi connectivity index (χ0) is 69.8. The summed E-state index contributed by atoms with van der Waals surface area (Å²) in [5, 5.41) is 12.9. The average molecular weight is 1410 g/mol. The Morgan fingerprint density at radius 1 is 0.257 bits per heavy atom. The number of furan rings is 2. The molecule has 0 radical (unpaired) electrons. The molecule has 0 unspecified atom stereocenters. The van der Waals surface area contributed by atoms with Crippen molar-refractivity contribution >= 4 is 166 Å². The number of benzene rings is 14. The molecule has 0 amide bonds. The van der Waals surface area contributed by atoms with E-state index >= 15 is 0 Å². The van der Waals surface area contributed by atoms with Gasteiger partial charge in [-0.05, 0) is 167 Å². The largest absolute Gasteiger partial charge is 0.452 e. The fourth-order valence-corrected chi connectivity index (χ4v) is 15.8. The number of para-hydroxylation sites is 6. The Hall–Kier alpha value is -13.1. The number of nitrogens with one attached hydrogen (secondary N) is 1. The number of H-pyrrole nitrogens is 1. The van der Waals surface area contributed by atoms with E-state index in [0.29, 0.717) is 44.0 Å². The van der Waals surface area contributed by atoms with Crippen molar-refractivity contribution in [3.63, 3.8) is 0 Å². The van der Waals surface area contributed by atoms with Crippen LogP contribution < -0.4 is 0 Å². The van der Waals surface area contributed by atoms with Gasteiger partial charge in [0.25, 0.3) is 0 Å². The summed E-state index contributed by atoms with van der Waals surface area (Å²) in [5.74, 6) is 0.572. The molecule has 0 aliphatic heterocycles. The fraction of sp³-hybridized carbons (Fsp3) is 0. The van der Waals surface area contributed by atoms with Crippen molar-refractivity contribution in [2.24, 2.45) is 0 Å². The molecule has 1 N–H and O–H groups in total. The van der Waals surface area contributed by atoms with Crippen LogP contribution in [0.4, 0.5) is 0 Å². The number of aromatic nitrogens is 8. The summed E-state index contributed by atoms with van der Waals surface area (Å²) in [6.07, 6.45) is 0. The molecule has 105 heavy (non-hydrogen) atoms. The van der Waals surface area contributed by atoms with E-state index < -0.39 is 0 Å². The molecule has 0 aliphatic carbocycles. The van der Waals surface area contributed by atoms with Gasteiger partial charge in [-0.2, -0.15) is 0 Å². The van der Waals surface area contributed by atoms with E-state index in [1.54, 1.807) is 6.07 Å². The van der Waals surface area contributed by atoms with Crippen LogP contribution in [0, 0.1) is 0 Å². The molecule has 8 heterocycles. The van der Waals surface area contributed by atoms with Gasteiger partial charge in [-0.1, -0.05) is 217 Å². The normalized spacial score (nSPS) is 11.8. The second-order valence-corrected chi connectivity index (χ2v) is 27.4. The lowest BCUT2D eigenvalue weighted by Crippen LogP contribution is -2.02. The summed E-state index contributed by atoms with van der Waals surface area (Å²) >= 11 is 18.6.